The molecule has 3 N–H and O–H groups in total. The third kappa shape index (κ3) is 2.71. The summed E-state index contributed by atoms with van der Waals surface area (Å²) in [4.78, 5) is 12.0. The monoisotopic (exact) mass is 246 g/mol. The highest BCUT2D eigenvalue weighted by atomic mass is 16.5. The van der Waals surface area contributed by atoms with Crippen molar-refractivity contribution in [2.75, 3.05) is 12.4 Å². The van der Waals surface area contributed by atoms with Gasteiger partial charge in [0.1, 0.15) is 5.75 Å². The third-order valence-electron chi connectivity index (χ3n) is 3.07. The second-order valence-corrected chi connectivity index (χ2v) is 4.58. The Hall–Kier alpha value is -1.81. The Morgan fingerprint density at radius 1 is 1.44 bits per heavy atom. The normalized spacial score (nSPS) is 21.9. The molecule has 0 saturated heterocycles. The Bertz CT molecular complexity index is 483. The number of nitrogens with two attached hydrogens (primary N) is 1. The van der Waals surface area contributed by atoms with Gasteiger partial charge in [-0.3, -0.25) is 4.79 Å². The number of anilines is 1. The van der Waals surface area contributed by atoms with Crippen molar-refractivity contribution in [3.05, 3.63) is 35.9 Å². The van der Waals surface area contributed by atoms with Crippen molar-refractivity contribution in [2.45, 2.75) is 19.4 Å². The zero-order chi connectivity index (χ0) is 13.1. The fourth-order valence-electron chi connectivity index (χ4n) is 2.05. The molecule has 0 fully saturated rings. The van der Waals surface area contributed by atoms with Crippen LogP contribution in [0.4, 0.5) is 5.69 Å². The van der Waals surface area contributed by atoms with Gasteiger partial charge in [0.15, 0.2) is 0 Å². The number of amides is 1. The van der Waals surface area contributed by atoms with E-state index in [1.807, 2.05) is 37.3 Å². The van der Waals surface area contributed by atoms with E-state index >= 15 is 0 Å². The van der Waals surface area contributed by atoms with Crippen LogP contribution in [0.1, 0.15) is 12.0 Å². The number of carbonyl (C=O) groups is 1. The van der Waals surface area contributed by atoms with Crippen LogP contribution >= 0.6 is 0 Å². The van der Waals surface area contributed by atoms with E-state index in [9.17, 15) is 4.79 Å². The summed E-state index contributed by atoms with van der Waals surface area (Å²) in [5.74, 6) is 0.488. The van der Waals surface area contributed by atoms with E-state index in [-0.39, 0.29) is 17.9 Å². The van der Waals surface area contributed by atoms with Gasteiger partial charge in [-0.05, 0) is 31.0 Å². The van der Waals surface area contributed by atoms with E-state index in [0.717, 1.165) is 5.56 Å². The maximum atomic E-state index is 12.0. The first-order valence-corrected chi connectivity index (χ1v) is 5.99. The minimum Gasteiger partial charge on any atom is -0.495 e. The molecule has 0 saturated carbocycles. The molecule has 0 bridgehead atoms. The lowest BCUT2D eigenvalue weighted by molar-refractivity contribution is -0.118. The Morgan fingerprint density at radius 3 is 2.83 bits per heavy atom. The number of rotatable bonds is 3. The van der Waals surface area contributed by atoms with Crippen LogP contribution in [-0.2, 0) is 4.79 Å². The highest BCUT2D eigenvalue weighted by molar-refractivity contribution is 5.95. The van der Waals surface area contributed by atoms with Gasteiger partial charge in [0.2, 0.25) is 5.91 Å². The lowest BCUT2D eigenvalue weighted by Gasteiger charge is -2.13. The van der Waals surface area contributed by atoms with Gasteiger partial charge in [-0.1, -0.05) is 18.2 Å². The summed E-state index contributed by atoms with van der Waals surface area (Å²) in [6.45, 7) is 1.98. The first kappa shape index (κ1) is 12.6. The molecule has 0 aromatic heterocycles. The fraction of sp³-hybridized carbons (Fsp3) is 0.357. The molecule has 1 aromatic rings. The summed E-state index contributed by atoms with van der Waals surface area (Å²) in [7, 11) is 1.59. The van der Waals surface area contributed by atoms with E-state index < -0.39 is 0 Å². The predicted octanol–water partition coefficient (Wildman–Crippen LogP) is 1.85. The number of benzene rings is 1. The molecular formula is C14H18N2O2. The highest BCUT2D eigenvalue weighted by Crippen LogP contribution is 2.27. The van der Waals surface area contributed by atoms with Crippen molar-refractivity contribution >= 4 is 11.6 Å². The molecule has 0 aliphatic heterocycles. The van der Waals surface area contributed by atoms with Crippen molar-refractivity contribution in [1.82, 2.24) is 0 Å². The minimum absolute atomic E-state index is 0.0133. The molecule has 4 nitrogen and oxygen atoms in total. The Labute approximate surface area is 107 Å². The molecule has 1 aromatic carbocycles. The summed E-state index contributed by atoms with van der Waals surface area (Å²) in [6.07, 6.45) is 4.40. The first-order chi connectivity index (χ1) is 8.60. The van der Waals surface area contributed by atoms with Crippen molar-refractivity contribution < 1.29 is 9.53 Å². The van der Waals surface area contributed by atoms with Gasteiger partial charge in [0.25, 0.3) is 0 Å². The molecule has 0 radical (unpaired) electrons. The van der Waals surface area contributed by atoms with E-state index in [2.05, 4.69) is 5.32 Å². The number of hydrogen-bond acceptors (Lipinski definition) is 3. The zero-order valence-electron chi connectivity index (χ0n) is 10.6. The molecule has 1 aliphatic carbocycles. The van der Waals surface area contributed by atoms with E-state index in [4.69, 9.17) is 10.5 Å². The number of carbonyl (C=O) groups excluding carboxylic acids is 1. The zero-order valence-corrected chi connectivity index (χ0v) is 10.6. The average Bonchev–Trinajstić information content (AvgIpc) is 2.78. The Balaban J connectivity index is 2.09. The van der Waals surface area contributed by atoms with Crippen LogP contribution in [-0.4, -0.2) is 19.1 Å². The van der Waals surface area contributed by atoms with Crippen molar-refractivity contribution in [3.63, 3.8) is 0 Å². The molecule has 4 heteroatoms. The molecule has 18 heavy (non-hydrogen) atoms. The molecule has 2 unspecified atom stereocenters. The third-order valence-corrected chi connectivity index (χ3v) is 3.07. The van der Waals surface area contributed by atoms with Gasteiger partial charge in [0, 0.05) is 6.04 Å². The number of methoxy groups -OCH3 is 1. The van der Waals surface area contributed by atoms with Crippen LogP contribution in [0.3, 0.4) is 0 Å². The lowest BCUT2D eigenvalue weighted by Crippen LogP contribution is -2.24. The maximum absolute atomic E-state index is 12.0. The van der Waals surface area contributed by atoms with Gasteiger partial charge in [-0.25, -0.2) is 0 Å². The molecule has 2 rings (SSSR count). The van der Waals surface area contributed by atoms with Gasteiger partial charge in [0.05, 0.1) is 18.7 Å². The van der Waals surface area contributed by atoms with Crippen LogP contribution in [0.5, 0.6) is 5.75 Å². The summed E-state index contributed by atoms with van der Waals surface area (Å²) >= 11 is 0. The quantitative estimate of drug-likeness (QED) is 0.800. The largest absolute Gasteiger partial charge is 0.495 e. The van der Waals surface area contributed by atoms with Crippen molar-refractivity contribution in [2.24, 2.45) is 11.7 Å². The predicted molar refractivity (Wildman–Crippen MR) is 71.6 cm³/mol. The van der Waals surface area contributed by atoms with Crippen LogP contribution in [0, 0.1) is 12.8 Å². The summed E-state index contributed by atoms with van der Waals surface area (Å²) < 4.78 is 5.25. The second kappa shape index (κ2) is 5.23. The molecule has 0 spiro atoms. The highest BCUT2D eigenvalue weighted by Gasteiger charge is 2.23. The summed E-state index contributed by atoms with van der Waals surface area (Å²) in [6, 6.07) is 5.67. The van der Waals surface area contributed by atoms with Gasteiger partial charge < -0.3 is 15.8 Å². The smallest absolute Gasteiger partial charge is 0.231 e. The average molecular weight is 246 g/mol. The number of hydrogen-bond donors (Lipinski definition) is 2. The molecule has 1 amide bonds. The van der Waals surface area contributed by atoms with E-state index in [1.165, 1.54) is 0 Å². The topological polar surface area (TPSA) is 64.3 Å². The second-order valence-electron chi connectivity index (χ2n) is 4.58. The van der Waals surface area contributed by atoms with Gasteiger partial charge >= 0.3 is 0 Å². The lowest BCUT2D eigenvalue weighted by atomic mass is 10.1. The Morgan fingerprint density at radius 2 is 2.22 bits per heavy atom. The molecule has 0 heterocycles. The summed E-state index contributed by atoms with van der Waals surface area (Å²) in [5, 5.41) is 2.88. The van der Waals surface area contributed by atoms with E-state index in [1.54, 1.807) is 7.11 Å². The van der Waals surface area contributed by atoms with Crippen LogP contribution in [0.25, 0.3) is 0 Å². The maximum Gasteiger partial charge on any atom is 0.231 e. The van der Waals surface area contributed by atoms with Crippen LogP contribution in [0.15, 0.2) is 30.4 Å². The standard InChI is InChI=1S/C14H18N2O2/c1-9-3-6-12(13(7-9)18-2)16-14(17)10-4-5-11(15)8-10/h3-7,10-11H,8,15H2,1-2H3,(H,16,17). The van der Waals surface area contributed by atoms with Gasteiger partial charge in [-0.2, -0.15) is 0 Å². The van der Waals surface area contributed by atoms with E-state index in [0.29, 0.717) is 17.9 Å². The number of aryl methyl sites for hydroxylation is 1. The van der Waals surface area contributed by atoms with Crippen LogP contribution in [0.2, 0.25) is 0 Å². The minimum atomic E-state index is -0.147. The molecule has 96 valence electrons. The number of ether oxygens (including phenoxy) is 1. The van der Waals surface area contributed by atoms with Crippen molar-refractivity contribution in [3.8, 4) is 5.75 Å². The molecular weight excluding hydrogens is 228 g/mol. The SMILES string of the molecule is COc1cc(C)ccc1NC(=O)C1C=CC(N)C1. The number of nitrogens with one attached hydrogen (secondary N) is 1. The van der Waals surface area contributed by atoms with Crippen molar-refractivity contribution in [1.29, 1.82) is 0 Å². The fourth-order valence-corrected chi connectivity index (χ4v) is 2.05. The first-order valence-electron chi connectivity index (χ1n) is 5.99. The van der Waals surface area contributed by atoms with Gasteiger partial charge in [-0.15, -0.1) is 0 Å². The summed E-state index contributed by atoms with van der Waals surface area (Å²) in [5.41, 5.74) is 7.53. The molecule has 2 atom stereocenters. The Kier molecular flexibility index (Phi) is 3.67. The van der Waals surface area contributed by atoms with Crippen LogP contribution < -0.4 is 15.8 Å². The molecule has 1 aliphatic rings.